The van der Waals surface area contributed by atoms with Crippen LogP contribution in [0, 0.1) is 0 Å². The molecule has 274 valence electrons. The molecule has 0 saturated carbocycles. The second kappa shape index (κ2) is 14.3. The molecule has 0 atom stereocenters. The van der Waals surface area contributed by atoms with Crippen molar-refractivity contribution in [3.8, 4) is 22.3 Å². The van der Waals surface area contributed by atoms with E-state index in [1.807, 2.05) is 11.3 Å². The molecule has 2 heteroatoms. The van der Waals surface area contributed by atoms with E-state index in [1.54, 1.807) is 0 Å². The van der Waals surface area contributed by atoms with Crippen molar-refractivity contribution in [1.82, 2.24) is 0 Å². The SMILES string of the molecule is C\C1=C(c2ccccc2)/N=C(c2cccc3c4ccccc4c4cc(-c5ccc6sc7ccccc7c6c5)ccc4c23)\C=C(\c2ccc(-c3ccccc3)cc2)CC1. The standard InChI is InChI=1S/C56H39NS/c1-36-23-24-43(39-27-25-38(26-28-39)37-13-4-2-5-14-37)35-52(57-56(36)40-15-6-3-7-16-40)49-21-12-20-47-44-17-8-9-18-45(44)50-33-41(29-31-48(50)55(47)49)42-30-32-54-51(34-42)46-19-10-11-22-53(46)58-54/h2-22,25-35H,23-24H2,1H3/b43-35+,56-36+,57-52+. The molecule has 0 saturated heterocycles. The van der Waals surface area contributed by atoms with Crippen LogP contribution in [0.5, 0.6) is 0 Å². The van der Waals surface area contributed by atoms with Gasteiger partial charge in [0.2, 0.25) is 0 Å². The molecule has 0 fully saturated rings. The fourth-order valence-electron chi connectivity index (χ4n) is 9.01. The van der Waals surface area contributed by atoms with Crippen molar-refractivity contribution in [2.75, 3.05) is 0 Å². The molecule has 1 nitrogen and oxygen atoms in total. The van der Waals surface area contributed by atoms with Gasteiger partial charge < -0.3 is 0 Å². The first-order valence-corrected chi connectivity index (χ1v) is 21.0. The third-order valence-electron chi connectivity index (χ3n) is 12.0. The highest BCUT2D eigenvalue weighted by Gasteiger charge is 2.19. The molecule has 9 aromatic carbocycles. The first kappa shape index (κ1) is 34.4. The van der Waals surface area contributed by atoms with Crippen molar-refractivity contribution in [1.29, 1.82) is 0 Å². The van der Waals surface area contributed by atoms with Crippen molar-refractivity contribution < 1.29 is 0 Å². The normalized spacial score (nSPS) is 16.6. The fourth-order valence-corrected chi connectivity index (χ4v) is 10.1. The molecule has 58 heavy (non-hydrogen) atoms. The summed E-state index contributed by atoms with van der Waals surface area (Å²) in [6, 6.07) is 68.9. The molecule has 1 aliphatic heterocycles. The quantitative estimate of drug-likeness (QED) is 0.155. The van der Waals surface area contributed by atoms with Gasteiger partial charge in [0.1, 0.15) is 0 Å². The zero-order valence-electron chi connectivity index (χ0n) is 32.2. The van der Waals surface area contributed by atoms with Gasteiger partial charge in [0.15, 0.2) is 0 Å². The number of aliphatic imine (C=N–C) groups is 1. The van der Waals surface area contributed by atoms with Gasteiger partial charge in [-0.2, -0.15) is 0 Å². The van der Waals surface area contributed by atoms with Crippen LogP contribution in [0.1, 0.15) is 36.5 Å². The number of benzene rings is 9. The average molecular weight is 758 g/mol. The maximum Gasteiger partial charge on any atom is 0.0718 e. The van der Waals surface area contributed by atoms with Crippen LogP contribution in [0.3, 0.4) is 0 Å². The maximum absolute atomic E-state index is 5.67. The summed E-state index contributed by atoms with van der Waals surface area (Å²) in [6.45, 7) is 2.26. The molecule has 0 radical (unpaired) electrons. The predicted octanol–water partition coefficient (Wildman–Crippen LogP) is 15.9. The van der Waals surface area contributed by atoms with Gasteiger partial charge in [0, 0.05) is 31.3 Å². The molecule has 11 rings (SSSR count). The molecule has 0 aliphatic carbocycles. The van der Waals surface area contributed by atoms with Crippen molar-refractivity contribution >= 4 is 80.8 Å². The molecular weight excluding hydrogens is 719 g/mol. The molecule has 10 aromatic rings. The van der Waals surface area contributed by atoms with E-state index in [-0.39, 0.29) is 0 Å². The maximum atomic E-state index is 5.67. The number of thiophene rings is 1. The fraction of sp³-hybridized carbons (Fsp3) is 0.0536. The number of fused-ring (bicyclic) bond motifs is 9. The van der Waals surface area contributed by atoms with Crippen LogP contribution in [0.25, 0.3) is 86.0 Å². The second-order valence-corrected chi connectivity index (χ2v) is 16.5. The van der Waals surface area contributed by atoms with Gasteiger partial charge in [0.05, 0.1) is 11.4 Å². The van der Waals surface area contributed by atoms with E-state index >= 15 is 0 Å². The summed E-state index contributed by atoms with van der Waals surface area (Å²) < 4.78 is 2.66. The minimum atomic E-state index is 0.924. The van der Waals surface area contributed by atoms with Crippen LogP contribution in [-0.2, 0) is 0 Å². The lowest BCUT2D eigenvalue weighted by atomic mass is 9.87. The molecule has 0 spiro atoms. The van der Waals surface area contributed by atoms with Gasteiger partial charge in [-0.05, 0) is 121 Å². The smallest absolute Gasteiger partial charge is 0.0718 e. The Hall–Kier alpha value is -6.87. The Bertz CT molecular complexity index is 3310. The van der Waals surface area contributed by atoms with Gasteiger partial charge in [-0.15, -0.1) is 11.3 Å². The summed E-state index contributed by atoms with van der Waals surface area (Å²) in [5.74, 6) is 0. The summed E-state index contributed by atoms with van der Waals surface area (Å²) in [6.07, 6.45) is 4.23. The Morgan fingerprint density at radius 3 is 1.72 bits per heavy atom. The monoisotopic (exact) mass is 757 g/mol. The van der Waals surface area contributed by atoms with Crippen LogP contribution in [0.4, 0.5) is 0 Å². The minimum absolute atomic E-state index is 0.924. The third kappa shape index (κ3) is 5.96. The van der Waals surface area contributed by atoms with Crippen molar-refractivity contribution in [3.63, 3.8) is 0 Å². The van der Waals surface area contributed by atoms with Crippen LogP contribution < -0.4 is 0 Å². The summed E-state index contributed by atoms with van der Waals surface area (Å²) in [5.41, 5.74) is 13.1. The molecule has 0 unspecified atom stereocenters. The molecule has 0 bridgehead atoms. The van der Waals surface area contributed by atoms with Gasteiger partial charge in [-0.1, -0.05) is 164 Å². The van der Waals surface area contributed by atoms with Crippen LogP contribution in [0.2, 0.25) is 0 Å². The summed E-state index contributed by atoms with van der Waals surface area (Å²) in [5, 5.41) is 10.1. The summed E-state index contributed by atoms with van der Waals surface area (Å²) in [7, 11) is 0. The number of nitrogens with zero attached hydrogens (tertiary/aromatic N) is 1. The number of hydrogen-bond acceptors (Lipinski definition) is 2. The lowest BCUT2D eigenvalue weighted by Gasteiger charge is -2.19. The van der Waals surface area contributed by atoms with E-state index in [1.165, 1.54) is 91.5 Å². The molecule has 0 amide bonds. The zero-order chi connectivity index (χ0) is 38.6. The zero-order valence-corrected chi connectivity index (χ0v) is 33.1. The molecule has 1 aliphatic rings. The van der Waals surface area contributed by atoms with E-state index in [9.17, 15) is 0 Å². The van der Waals surface area contributed by atoms with Gasteiger partial charge >= 0.3 is 0 Å². The van der Waals surface area contributed by atoms with Gasteiger partial charge in [0.25, 0.3) is 0 Å². The van der Waals surface area contributed by atoms with Crippen molar-refractivity contribution in [3.05, 3.63) is 216 Å². The highest BCUT2D eigenvalue weighted by Crippen LogP contribution is 2.42. The highest BCUT2D eigenvalue weighted by molar-refractivity contribution is 7.25. The lowest BCUT2D eigenvalue weighted by Crippen LogP contribution is -2.05. The average Bonchev–Trinajstić information content (AvgIpc) is 3.66. The summed E-state index contributed by atoms with van der Waals surface area (Å²) >= 11 is 1.87. The minimum Gasteiger partial charge on any atom is -0.248 e. The van der Waals surface area contributed by atoms with E-state index in [2.05, 4.69) is 201 Å². The Morgan fingerprint density at radius 2 is 0.948 bits per heavy atom. The van der Waals surface area contributed by atoms with Crippen LogP contribution in [0.15, 0.2) is 205 Å². The molecule has 2 heterocycles. The molecule has 1 aromatic heterocycles. The van der Waals surface area contributed by atoms with Gasteiger partial charge in [-0.25, -0.2) is 4.99 Å². The lowest BCUT2D eigenvalue weighted by molar-refractivity contribution is 0.988. The van der Waals surface area contributed by atoms with E-state index in [0.29, 0.717) is 0 Å². The van der Waals surface area contributed by atoms with Crippen LogP contribution >= 0.6 is 11.3 Å². The Kier molecular flexibility index (Phi) is 8.45. The summed E-state index contributed by atoms with van der Waals surface area (Å²) in [4.78, 5) is 5.67. The topological polar surface area (TPSA) is 12.4 Å². The largest absolute Gasteiger partial charge is 0.248 e. The second-order valence-electron chi connectivity index (χ2n) is 15.4. The first-order valence-electron chi connectivity index (χ1n) is 20.2. The van der Waals surface area contributed by atoms with Gasteiger partial charge in [-0.3, -0.25) is 0 Å². The highest BCUT2D eigenvalue weighted by atomic mass is 32.1. The van der Waals surface area contributed by atoms with Crippen molar-refractivity contribution in [2.45, 2.75) is 19.8 Å². The predicted molar refractivity (Wildman–Crippen MR) is 252 cm³/mol. The number of allylic oxidation sites excluding steroid dienone is 3. The molecular formula is C56H39NS. The third-order valence-corrected chi connectivity index (χ3v) is 13.1. The van der Waals surface area contributed by atoms with Crippen LogP contribution in [-0.4, -0.2) is 5.71 Å². The Morgan fingerprint density at radius 1 is 0.397 bits per heavy atom. The number of hydrogen-bond donors (Lipinski definition) is 0. The van der Waals surface area contributed by atoms with E-state index < -0.39 is 0 Å². The first-order chi connectivity index (χ1) is 28.7. The van der Waals surface area contributed by atoms with E-state index in [4.69, 9.17) is 4.99 Å². The van der Waals surface area contributed by atoms with E-state index in [0.717, 1.165) is 35.4 Å². The number of rotatable bonds is 5. The Labute approximate surface area is 342 Å². The van der Waals surface area contributed by atoms with Crippen molar-refractivity contribution in [2.24, 2.45) is 4.99 Å². The molecule has 0 N–H and O–H groups in total. The Balaban J connectivity index is 1.13.